The third kappa shape index (κ3) is 3.26. The molecule has 1 aromatic rings. The van der Waals surface area contributed by atoms with Crippen molar-refractivity contribution < 1.29 is 33.8 Å². The van der Waals surface area contributed by atoms with Crippen LogP contribution in [-0.2, 0) is 19.2 Å². The summed E-state index contributed by atoms with van der Waals surface area (Å²) >= 11 is 17.4. The Morgan fingerprint density at radius 2 is 1.89 bits per heavy atom. The molecule has 6 amide bonds. The lowest BCUT2D eigenvalue weighted by Gasteiger charge is -2.50. The first kappa shape index (κ1) is 26.0. The molecule has 2 heterocycles. The number of primary amides is 1. The summed E-state index contributed by atoms with van der Waals surface area (Å²) in [5, 5.41) is 10.3. The van der Waals surface area contributed by atoms with Gasteiger partial charge in [-0.15, -0.1) is 23.2 Å². The SMILES string of the molecule is CCOc1cc([C@H]2C3=CC[C@@H]4C(=O)N(C(N)=O)C(=O)[C@@H]4[C@@H]3C[C@@]3(Cl)C(=O)N(CBr)C(=O)[C@@]23Cl)ccc1O. The molecule has 2 saturated heterocycles. The van der Waals surface area contributed by atoms with Crippen LogP contribution in [0.4, 0.5) is 4.79 Å². The minimum atomic E-state index is -1.98. The van der Waals surface area contributed by atoms with Crippen molar-refractivity contribution in [3.63, 3.8) is 0 Å². The Morgan fingerprint density at radius 3 is 2.51 bits per heavy atom. The average molecular weight is 615 g/mol. The molecule has 1 saturated carbocycles. The van der Waals surface area contributed by atoms with Crippen LogP contribution in [0.5, 0.6) is 11.5 Å². The minimum Gasteiger partial charge on any atom is -0.504 e. The fraction of sp³-hybridized carbons (Fsp3) is 0.458. The average Bonchev–Trinajstić information content (AvgIpc) is 3.19. The summed E-state index contributed by atoms with van der Waals surface area (Å²) in [6.45, 7) is 1.98. The number of hydrogen-bond acceptors (Lipinski definition) is 7. The number of aromatic hydroxyl groups is 1. The molecule has 1 aromatic carbocycles. The second kappa shape index (κ2) is 8.71. The summed E-state index contributed by atoms with van der Waals surface area (Å²) in [5.41, 5.74) is 6.14. The lowest BCUT2D eigenvalue weighted by atomic mass is 9.56. The summed E-state index contributed by atoms with van der Waals surface area (Å²) in [5.74, 6) is -6.60. The molecule has 4 aliphatic rings. The third-order valence-electron chi connectivity index (χ3n) is 7.85. The number of allylic oxidation sites excluding steroid dienone is 2. The molecule has 37 heavy (non-hydrogen) atoms. The van der Waals surface area contributed by atoms with Crippen LogP contribution in [0.25, 0.3) is 0 Å². The number of phenols is 1. The molecule has 0 bridgehead atoms. The van der Waals surface area contributed by atoms with Gasteiger partial charge in [0.2, 0.25) is 11.8 Å². The smallest absolute Gasteiger partial charge is 0.328 e. The van der Waals surface area contributed by atoms with Gasteiger partial charge < -0.3 is 15.6 Å². The first-order chi connectivity index (χ1) is 17.4. The van der Waals surface area contributed by atoms with E-state index in [1.807, 2.05) is 0 Å². The summed E-state index contributed by atoms with van der Waals surface area (Å²) in [4.78, 5) is 62.7. The van der Waals surface area contributed by atoms with Crippen molar-refractivity contribution in [3.05, 3.63) is 35.4 Å². The number of benzene rings is 1. The van der Waals surface area contributed by atoms with Gasteiger partial charge in [-0.2, -0.15) is 4.90 Å². The summed E-state index contributed by atoms with van der Waals surface area (Å²) in [7, 11) is 0. The first-order valence-corrected chi connectivity index (χ1v) is 13.4. The van der Waals surface area contributed by atoms with Crippen molar-refractivity contribution in [2.24, 2.45) is 23.5 Å². The van der Waals surface area contributed by atoms with Crippen LogP contribution in [0.2, 0.25) is 0 Å². The van der Waals surface area contributed by atoms with E-state index >= 15 is 0 Å². The molecule has 13 heteroatoms. The monoisotopic (exact) mass is 613 g/mol. The third-order valence-corrected chi connectivity index (χ3v) is 9.77. The lowest BCUT2D eigenvalue weighted by Crippen LogP contribution is -2.60. The van der Waals surface area contributed by atoms with Crippen molar-refractivity contribution in [1.82, 2.24) is 9.80 Å². The minimum absolute atomic E-state index is 0.101. The number of alkyl halides is 3. The maximum atomic E-state index is 13.7. The fourth-order valence-corrected chi connectivity index (χ4v) is 7.75. The second-order valence-electron chi connectivity index (χ2n) is 9.50. The molecule has 3 fully saturated rings. The van der Waals surface area contributed by atoms with E-state index in [0.717, 1.165) is 4.90 Å². The Bertz CT molecular complexity index is 1300. The van der Waals surface area contributed by atoms with Gasteiger partial charge in [0.05, 0.1) is 23.9 Å². The Balaban J connectivity index is 1.73. The molecular weight excluding hydrogens is 593 g/mol. The topological polar surface area (TPSA) is 147 Å². The number of nitrogens with two attached hydrogens (primary N) is 1. The largest absolute Gasteiger partial charge is 0.504 e. The number of fused-ring (bicyclic) bond motifs is 4. The molecule has 3 N–H and O–H groups in total. The standard InChI is InChI=1S/C24H22BrCl2N3O7/c1-2-37-15-7-10(3-6-14(15)31)17-11-4-5-12-16(19(33)30(18(12)32)22(28)36)13(11)8-23(26)20(34)29(9-25)21(35)24(17,23)27/h3-4,6-7,12-13,16-17,31H,2,5,8-9H2,1H3,(H2,28,36)/t12-,13+,16-,17-,23+,24-/m0/s1. The number of carbonyl (C=O) groups excluding carboxylic acids is 5. The highest BCUT2D eigenvalue weighted by molar-refractivity contribution is 9.09. The van der Waals surface area contributed by atoms with E-state index in [2.05, 4.69) is 15.9 Å². The zero-order chi connectivity index (χ0) is 27.0. The van der Waals surface area contributed by atoms with Crippen molar-refractivity contribution in [2.75, 3.05) is 12.1 Å². The molecule has 10 nitrogen and oxygen atoms in total. The highest BCUT2D eigenvalue weighted by Gasteiger charge is 2.76. The van der Waals surface area contributed by atoms with Gasteiger partial charge in [-0.05, 0) is 43.4 Å². The Labute approximate surface area is 229 Å². The van der Waals surface area contributed by atoms with Gasteiger partial charge in [-0.1, -0.05) is 33.6 Å². The van der Waals surface area contributed by atoms with Gasteiger partial charge in [0, 0.05) is 5.92 Å². The number of urea groups is 1. The van der Waals surface area contributed by atoms with Gasteiger partial charge in [0.25, 0.3) is 11.8 Å². The van der Waals surface area contributed by atoms with Crippen LogP contribution >= 0.6 is 39.1 Å². The number of imide groups is 4. The predicted molar refractivity (Wildman–Crippen MR) is 134 cm³/mol. The number of amides is 6. The van der Waals surface area contributed by atoms with Crippen LogP contribution in [0.3, 0.4) is 0 Å². The maximum Gasteiger partial charge on any atom is 0.328 e. The molecule has 6 atom stereocenters. The van der Waals surface area contributed by atoms with E-state index < -0.39 is 63.1 Å². The summed E-state index contributed by atoms with van der Waals surface area (Å²) in [6.07, 6.45) is 1.62. The molecular formula is C24H22BrCl2N3O7. The predicted octanol–water partition coefficient (Wildman–Crippen LogP) is 2.58. The molecule has 2 aliphatic carbocycles. The number of carbonyl (C=O) groups is 5. The van der Waals surface area contributed by atoms with Crippen LogP contribution in [0.1, 0.15) is 31.2 Å². The Morgan fingerprint density at radius 1 is 1.19 bits per heavy atom. The highest BCUT2D eigenvalue weighted by Crippen LogP contribution is 2.65. The van der Waals surface area contributed by atoms with E-state index in [1.54, 1.807) is 19.1 Å². The zero-order valence-electron chi connectivity index (χ0n) is 19.4. The molecule has 0 radical (unpaired) electrons. The van der Waals surface area contributed by atoms with E-state index in [4.69, 9.17) is 33.7 Å². The molecule has 196 valence electrons. The highest BCUT2D eigenvalue weighted by atomic mass is 79.9. The van der Waals surface area contributed by atoms with Gasteiger partial charge >= 0.3 is 6.03 Å². The first-order valence-electron chi connectivity index (χ1n) is 11.6. The molecule has 0 aromatic heterocycles. The second-order valence-corrected chi connectivity index (χ2v) is 11.2. The Kier molecular flexibility index (Phi) is 6.12. The number of ether oxygens (including phenoxy) is 1. The number of phenolic OH excluding ortho intramolecular Hbond substituents is 1. The van der Waals surface area contributed by atoms with E-state index in [9.17, 15) is 29.1 Å². The summed E-state index contributed by atoms with van der Waals surface area (Å²) < 4.78 is 5.53. The van der Waals surface area contributed by atoms with E-state index in [-0.39, 0.29) is 36.4 Å². The quantitative estimate of drug-likeness (QED) is 0.229. The van der Waals surface area contributed by atoms with Crippen molar-refractivity contribution >= 4 is 68.8 Å². The van der Waals surface area contributed by atoms with E-state index in [1.165, 1.54) is 12.1 Å². The normalized spacial score (nSPS) is 34.8. The van der Waals surface area contributed by atoms with E-state index in [0.29, 0.717) is 16.0 Å². The number of nitrogens with zero attached hydrogens (tertiary/aromatic N) is 2. The van der Waals surface area contributed by atoms with Crippen LogP contribution in [-0.4, -0.2) is 66.4 Å². The lowest BCUT2D eigenvalue weighted by molar-refractivity contribution is -0.139. The number of halogens is 3. The van der Waals surface area contributed by atoms with Gasteiger partial charge in [-0.3, -0.25) is 24.1 Å². The molecule has 0 unspecified atom stereocenters. The van der Waals surface area contributed by atoms with Gasteiger partial charge in [-0.25, -0.2) is 4.79 Å². The maximum absolute atomic E-state index is 13.7. The molecule has 2 aliphatic heterocycles. The molecule has 5 rings (SSSR count). The van der Waals surface area contributed by atoms with Crippen molar-refractivity contribution in [3.8, 4) is 11.5 Å². The Hall–Kier alpha value is -2.63. The summed E-state index contributed by atoms with van der Waals surface area (Å²) in [6, 6.07) is 3.27. The number of likely N-dealkylation sites (tertiary alicyclic amines) is 2. The van der Waals surface area contributed by atoms with Crippen LogP contribution in [0.15, 0.2) is 29.8 Å². The fourth-order valence-electron chi connectivity index (χ4n) is 6.33. The molecule has 0 spiro atoms. The van der Waals surface area contributed by atoms with Crippen molar-refractivity contribution in [1.29, 1.82) is 0 Å². The zero-order valence-corrected chi connectivity index (χ0v) is 22.5. The number of hydrogen-bond donors (Lipinski definition) is 2. The van der Waals surface area contributed by atoms with Gasteiger partial charge in [0.1, 0.15) is 0 Å². The number of rotatable bonds is 4. The van der Waals surface area contributed by atoms with Crippen LogP contribution in [0, 0.1) is 17.8 Å². The van der Waals surface area contributed by atoms with Crippen LogP contribution < -0.4 is 10.5 Å². The van der Waals surface area contributed by atoms with Crippen molar-refractivity contribution in [2.45, 2.75) is 35.4 Å². The van der Waals surface area contributed by atoms with Gasteiger partial charge in [0.15, 0.2) is 21.2 Å².